The van der Waals surface area contributed by atoms with Crippen LogP contribution in [-0.4, -0.2) is 10.5 Å². The molecule has 0 saturated carbocycles. The van der Waals surface area contributed by atoms with Crippen LogP contribution in [0.3, 0.4) is 0 Å². The predicted molar refractivity (Wildman–Crippen MR) is 87.4 cm³/mol. The fourth-order valence-corrected chi connectivity index (χ4v) is 2.67. The molecular formula is C16H16BrFN2O2. The third kappa shape index (κ3) is 4.04. The maximum atomic E-state index is 12.9. The molecule has 4 nitrogen and oxygen atoms in total. The summed E-state index contributed by atoms with van der Waals surface area (Å²) in [5.41, 5.74) is 1.28. The second-order valence-electron chi connectivity index (χ2n) is 5.20. The molecule has 0 aliphatic carbocycles. The Morgan fingerprint density at radius 3 is 2.59 bits per heavy atom. The first-order chi connectivity index (χ1) is 10.4. The van der Waals surface area contributed by atoms with Crippen LogP contribution < -0.4 is 10.9 Å². The fraction of sp³-hybridized carbons (Fsp3) is 0.250. The van der Waals surface area contributed by atoms with E-state index in [4.69, 9.17) is 0 Å². The van der Waals surface area contributed by atoms with E-state index in [2.05, 4.69) is 21.2 Å². The Labute approximate surface area is 136 Å². The van der Waals surface area contributed by atoms with Crippen molar-refractivity contribution in [1.82, 2.24) is 4.57 Å². The van der Waals surface area contributed by atoms with Crippen LogP contribution in [-0.2, 0) is 11.8 Å². The monoisotopic (exact) mass is 366 g/mol. The molecule has 1 heterocycles. The first kappa shape index (κ1) is 16.4. The summed E-state index contributed by atoms with van der Waals surface area (Å²) in [7, 11) is 1.61. The van der Waals surface area contributed by atoms with Crippen molar-refractivity contribution < 1.29 is 9.18 Å². The van der Waals surface area contributed by atoms with Gasteiger partial charge in [-0.25, -0.2) is 4.39 Å². The third-order valence-electron chi connectivity index (χ3n) is 3.35. The van der Waals surface area contributed by atoms with Crippen LogP contribution in [0.2, 0.25) is 0 Å². The van der Waals surface area contributed by atoms with E-state index in [1.165, 1.54) is 16.7 Å². The standard InChI is InChI=1S/C16H16BrFN2O2/c1-10(11-3-5-12(18)6-4-11)7-15(21)19-13-8-14(17)16(22)20(2)9-13/h3-6,8-10H,7H2,1-2H3,(H,19,21). The molecule has 1 unspecified atom stereocenters. The predicted octanol–water partition coefficient (Wildman–Crippen LogP) is 3.42. The molecule has 2 aromatic rings. The summed E-state index contributed by atoms with van der Waals surface area (Å²) in [4.78, 5) is 23.7. The number of rotatable bonds is 4. The van der Waals surface area contributed by atoms with Crippen molar-refractivity contribution in [3.05, 3.63) is 62.7 Å². The Morgan fingerprint density at radius 2 is 2.00 bits per heavy atom. The number of nitrogens with one attached hydrogen (secondary N) is 1. The molecule has 2 rings (SSSR count). The zero-order valence-corrected chi connectivity index (χ0v) is 13.9. The largest absolute Gasteiger partial charge is 0.325 e. The van der Waals surface area contributed by atoms with E-state index < -0.39 is 0 Å². The van der Waals surface area contributed by atoms with Gasteiger partial charge in [-0.2, -0.15) is 0 Å². The lowest BCUT2D eigenvalue weighted by molar-refractivity contribution is -0.116. The number of anilines is 1. The smallest absolute Gasteiger partial charge is 0.264 e. The number of nitrogens with zero attached hydrogens (tertiary/aromatic N) is 1. The second kappa shape index (κ2) is 6.87. The highest BCUT2D eigenvalue weighted by atomic mass is 79.9. The lowest BCUT2D eigenvalue weighted by Gasteiger charge is -2.13. The molecule has 6 heteroatoms. The van der Waals surface area contributed by atoms with Gasteiger partial charge in [0.25, 0.3) is 5.56 Å². The normalized spacial score (nSPS) is 12.0. The lowest BCUT2D eigenvalue weighted by Crippen LogP contribution is -2.20. The number of benzene rings is 1. The molecule has 1 aromatic heterocycles. The van der Waals surface area contributed by atoms with Gasteiger partial charge in [-0.05, 0) is 45.6 Å². The fourth-order valence-electron chi connectivity index (χ4n) is 2.14. The number of carbonyl (C=O) groups is 1. The van der Waals surface area contributed by atoms with Crippen molar-refractivity contribution in [3.8, 4) is 0 Å². The molecule has 0 fully saturated rings. The average Bonchev–Trinajstić information content (AvgIpc) is 2.45. The molecule has 116 valence electrons. The topological polar surface area (TPSA) is 51.1 Å². The Morgan fingerprint density at radius 1 is 1.36 bits per heavy atom. The molecule has 0 saturated heterocycles. The van der Waals surface area contributed by atoms with Gasteiger partial charge in [-0.15, -0.1) is 0 Å². The van der Waals surface area contributed by atoms with Gasteiger partial charge in [0.2, 0.25) is 5.91 Å². The summed E-state index contributed by atoms with van der Waals surface area (Å²) in [5.74, 6) is -0.491. The first-order valence-electron chi connectivity index (χ1n) is 6.78. The highest BCUT2D eigenvalue weighted by molar-refractivity contribution is 9.10. The average molecular weight is 367 g/mol. The van der Waals surface area contributed by atoms with Gasteiger partial charge >= 0.3 is 0 Å². The molecule has 1 N–H and O–H groups in total. The minimum atomic E-state index is -0.296. The number of halogens is 2. The van der Waals surface area contributed by atoms with Gasteiger partial charge in [0.1, 0.15) is 5.82 Å². The summed E-state index contributed by atoms with van der Waals surface area (Å²) in [5, 5.41) is 2.76. The maximum Gasteiger partial charge on any atom is 0.264 e. The van der Waals surface area contributed by atoms with E-state index in [1.54, 1.807) is 31.4 Å². The summed E-state index contributed by atoms with van der Waals surface area (Å²) in [6.45, 7) is 1.91. The second-order valence-corrected chi connectivity index (χ2v) is 6.05. The number of hydrogen-bond donors (Lipinski definition) is 1. The summed E-state index contributed by atoms with van der Waals surface area (Å²) in [6.07, 6.45) is 1.83. The number of carbonyl (C=O) groups excluding carboxylic acids is 1. The van der Waals surface area contributed by atoms with E-state index in [1.807, 2.05) is 6.92 Å². The van der Waals surface area contributed by atoms with Crippen LogP contribution in [0.1, 0.15) is 24.8 Å². The molecule has 0 spiro atoms. The molecule has 0 bridgehead atoms. The summed E-state index contributed by atoms with van der Waals surface area (Å²) >= 11 is 3.16. The number of hydrogen-bond acceptors (Lipinski definition) is 2. The van der Waals surface area contributed by atoms with Crippen molar-refractivity contribution in [1.29, 1.82) is 0 Å². The summed E-state index contributed by atoms with van der Waals surface area (Å²) in [6, 6.07) is 7.69. The van der Waals surface area contributed by atoms with Gasteiger partial charge in [0, 0.05) is 19.7 Å². The summed E-state index contributed by atoms with van der Waals surface area (Å²) < 4.78 is 14.7. The molecule has 1 amide bonds. The zero-order chi connectivity index (χ0) is 16.3. The Bertz CT molecular complexity index is 715. The highest BCUT2D eigenvalue weighted by Crippen LogP contribution is 2.20. The molecule has 0 aliphatic rings. The quantitative estimate of drug-likeness (QED) is 0.901. The van der Waals surface area contributed by atoms with Crippen molar-refractivity contribution in [2.24, 2.45) is 7.05 Å². The SMILES string of the molecule is CC(CC(=O)Nc1cc(Br)c(=O)n(C)c1)c1ccc(F)cc1. The van der Waals surface area contributed by atoms with Gasteiger partial charge < -0.3 is 9.88 Å². The van der Waals surface area contributed by atoms with Crippen LogP contribution >= 0.6 is 15.9 Å². The molecule has 1 aromatic carbocycles. The van der Waals surface area contributed by atoms with Crippen LogP contribution in [0.15, 0.2) is 45.8 Å². The van der Waals surface area contributed by atoms with Crippen molar-refractivity contribution >= 4 is 27.5 Å². The maximum absolute atomic E-state index is 12.9. The lowest BCUT2D eigenvalue weighted by atomic mass is 9.97. The number of aromatic nitrogens is 1. The molecule has 0 aliphatic heterocycles. The van der Waals surface area contributed by atoms with E-state index >= 15 is 0 Å². The van der Waals surface area contributed by atoms with E-state index in [0.717, 1.165) is 5.56 Å². The van der Waals surface area contributed by atoms with E-state index in [0.29, 0.717) is 10.2 Å². The molecule has 1 atom stereocenters. The number of pyridine rings is 1. The Kier molecular flexibility index (Phi) is 5.13. The van der Waals surface area contributed by atoms with Crippen LogP contribution in [0, 0.1) is 5.82 Å². The first-order valence-corrected chi connectivity index (χ1v) is 7.57. The highest BCUT2D eigenvalue weighted by Gasteiger charge is 2.12. The van der Waals surface area contributed by atoms with Gasteiger partial charge in [-0.1, -0.05) is 19.1 Å². The van der Waals surface area contributed by atoms with Crippen LogP contribution in [0.4, 0.5) is 10.1 Å². The van der Waals surface area contributed by atoms with Gasteiger partial charge in [0.05, 0.1) is 10.2 Å². The van der Waals surface area contributed by atoms with E-state index in [-0.39, 0.29) is 29.6 Å². The number of amides is 1. The minimum absolute atomic E-state index is 0.0310. The van der Waals surface area contributed by atoms with Crippen molar-refractivity contribution in [2.75, 3.05) is 5.32 Å². The Balaban J connectivity index is 2.04. The minimum Gasteiger partial charge on any atom is -0.325 e. The Hall–Kier alpha value is -1.95. The van der Waals surface area contributed by atoms with Crippen LogP contribution in [0.5, 0.6) is 0 Å². The molecular weight excluding hydrogens is 351 g/mol. The zero-order valence-electron chi connectivity index (χ0n) is 12.3. The van der Waals surface area contributed by atoms with Crippen LogP contribution in [0.25, 0.3) is 0 Å². The van der Waals surface area contributed by atoms with Crippen molar-refractivity contribution in [3.63, 3.8) is 0 Å². The number of aryl methyl sites for hydroxylation is 1. The molecule has 22 heavy (non-hydrogen) atoms. The van der Waals surface area contributed by atoms with Crippen molar-refractivity contribution in [2.45, 2.75) is 19.3 Å². The van der Waals surface area contributed by atoms with Gasteiger partial charge in [-0.3, -0.25) is 9.59 Å². The molecule has 0 radical (unpaired) electrons. The van der Waals surface area contributed by atoms with Gasteiger partial charge in [0.15, 0.2) is 0 Å². The third-order valence-corrected chi connectivity index (χ3v) is 3.92. The van der Waals surface area contributed by atoms with E-state index in [9.17, 15) is 14.0 Å².